The average molecular weight is 251 g/mol. The van der Waals surface area contributed by atoms with Crippen molar-refractivity contribution in [2.45, 2.75) is 52.0 Å². The maximum absolute atomic E-state index is 11.6. The van der Waals surface area contributed by atoms with Gasteiger partial charge in [-0.05, 0) is 44.4 Å². The molecule has 18 heavy (non-hydrogen) atoms. The molecule has 0 unspecified atom stereocenters. The fourth-order valence-corrected chi connectivity index (χ4v) is 3.56. The molecule has 2 aliphatic carbocycles. The van der Waals surface area contributed by atoms with E-state index in [-0.39, 0.29) is 6.09 Å². The largest absolute Gasteiger partial charge is 0.450 e. The fourth-order valence-electron chi connectivity index (χ4n) is 3.56. The molecule has 0 saturated heterocycles. The summed E-state index contributed by atoms with van der Waals surface area (Å²) in [7, 11) is 0. The van der Waals surface area contributed by atoms with Gasteiger partial charge in [0.15, 0.2) is 0 Å². The van der Waals surface area contributed by atoms with Gasteiger partial charge >= 0.3 is 6.09 Å². The Morgan fingerprint density at radius 3 is 2.83 bits per heavy atom. The molecular formula is C15H25NO2. The van der Waals surface area contributed by atoms with E-state index in [9.17, 15) is 4.79 Å². The lowest BCUT2D eigenvalue weighted by Gasteiger charge is -2.29. The van der Waals surface area contributed by atoms with Gasteiger partial charge in [-0.15, -0.1) is 0 Å². The number of allylic oxidation sites excluding steroid dienone is 1. The molecule has 1 N–H and O–H groups in total. The van der Waals surface area contributed by atoms with Gasteiger partial charge < -0.3 is 10.1 Å². The van der Waals surface area contributed by atoms with Crippen LogP contribution in [-0.4, -0.2) is 18.7 Å². The summed E-state index contributed by atoms with van der Waals surface area (Å²) in [5.74, 6) is 1.96. The monoisotopic (exact) mass is 251 g/mol. The van der Waals surface area contributed by atoms with Crippen molar-refractivity contribution >= 4 is 6.09 Å². The van der Waals surface area contributed by atoms with Gasteiger partial charge in [0, 0.05) is 12.0 Å². The summed E-state index contributed by atoms with van der Waals surface area (Å²) in [5.41, 5.74) is 0. The molecule has 2 aliphatic rings. The van der Waals surface area contributed by atoms with Crippen LogP contribution in [0.25, 0.3) is 0 Å². The van der Waals surface area contributed by atoms with Crippen molar-refractivity contribution < 1.29 is 9.53 Å². The van der Waals surface area contributed by atoms with E-state index >= 15 is 0 Å². The Morgan fingerprint density at radius 2 is 2.11 bits per heavy atom. The Kier molecular flexibility index (Phi) is 4.67. The maximum Gasteiger partial charge on any atom is 0.407 e. The van der Waals surface area contributed by atoms with Gasteiger partial charge in [-0.25, -0.2) is 4.79 Å². The molecule has 0 radical (unpaired) electrons. The summed E-state index contributed by atoms with van der Waals surface area (Å²) in [4.78, 5) is 11.6. The summed E-state index contributed by atoms with van der Waals surface area (Å²) < 4.78 is 5.01. The van der Waals surface area contributed by atoms with Crippen molar-refractivity contribution in [2.75, 3.05) is 6.61 Å². The summed E-state index contributed by atoms with van der Waals surface area (Å²) in [5, 5.41) is 3.08. The number of alkyl carbamates (subject to hydrolysis) is 1. The summed E-state index contributed by atoms with van der Waals surface area (Å²) in [6.45, 7) is 4.49. The normalized spacial score (nSPS) is 34.1. The van der Waals surface area contributed by atoms with Crippen LogP contribution in [0.15, 0.2) is 12.2 Å². The van der Waals surface area contributed by atoms with Gasteiger partial charge in [-0.3, -0.25) is 0 Å². The number of amides is 1. The van der Waals surface area contributed by atoms with E-state index < -0.39 is 0 Å². The zero-order valence-electron chi connectivity index (χ0n) is 11.5. The molecule has 0 spiro atoms. The lowest BCUT2D eigenvalue weighted by Crippen LogP contribution is -2.43. The molecule has 0 aromatic carbocycles. The van der Waals surface area contributed by atoms with Gasteiger partial charge in [-0.2, -0.15) is 0 Å². The van der Waals surface area contributed by atoms with E-state index in [4.69, 9.17) is 4.74 Å². The number of nitrogens with one attached hydrogen (secondary N) is 1. The number of unbranched alkanes of at least 4 members (excludes halogenated alkanes) is 1. The third-order valence-electron chi connectivity index (χ3n) is 4.35. The predicted molar refractivity (Wildman–Crippen MR) is 72.3 cm³/mol. The molecule has 3 heteroatoms. The van der Waals surface area contributed by atoms with E-state index in [1.807, 2.05) is 6.92 Å². The van der Waals surface area contributed by atoms with Crippen molar-refractivity contribution in [2.24, 2.45) is 17.8 Å². The Labute approximate surface area is 110 Å². The molecule has 2 bridgehead atoms. The first kappa shape index (κ1) is 13.4. The van der Waals surface area contributed by atoms with Crippen LogP contribution in [0, 0.1) is 17.8 Å². The molecule has 0 aromatic heterocycles. The number of carbonyl (C=O) groups is 1. The summed E-state index contributed by atoms with van der Waals surface area (Å²) in [6, 6.07) is 0.302. The SMILES string of the molecule is CCC/C=C\[C@H]1[C@H]2CC[C@H](C2)[C@@H]1NC(=O)OCC. The third-order valence-corrected chi connectivity index (χ3v) is 4.35. The van der Waals surface area contributed by atoms with E-state index in [0.29, 0.717) is 24.5 Å². The van der Waals surface area contributed by atoms with Gasteiger partial charge in [0.25, 0.3) is 0 Å². The number of fused-ring (bicyclic) bond motifs is 2. The van der Waals surface area contributed by atoms with Crippen LogP contribution in [-0.2, 0) is 4.74 Å². The second-order valence-electron chi connectivity index (χ2n) is 5.52. The smallest absolute Gasteiger partial charge is 0.407 e. The van der Waals surface area contributed by atoms with E-state index in [1.165, 1.54) is 25.7 Å². The number of hydrogen-bond donors (Lipinski definition) is 1. The van der Waals surface area contributed by atoms with Gasteiger partial charge in [-0.1, -0.05) is 25.5 Å². The van der Waals surface area contributed by atoms with Crippen LogP contribution >= 0.6 is 0 Å². The minimum atomic E-state index is -0.246. The van der Waals surface area contributed by atoms with Crippen LogP contribution < -0.4 is 5.32 Å². The highest BCUT2D eigenvalue weighted by Gasteiger charge is 2.47. The molecule has 0 heterocycles. The Bertz CT molecular complexity index is 314. The molecular weight excluding hydrogens is 226 g/mol. The van der Waals surface area contributed by atoms with Gasteiger partial charge in [0.2, 0.25) is 0 Å². The average Bonchev–Trinajstić information content (AvgIpc) is 2.92. The zero-order valence-corrected chi connectivity index (χ0v) is 11.5. The fraction of sp³-hybridized carbons (Fsp3) is 0.800. The molecule has 4 atom stereocenters. The van der Waals surface area contributed by atoms with Crippen LogP contribution in [0.5, 0.6) is 0 Å². The first-order chi connectivity index (χ1) is 8.76. The molecule has 3 nitrogen and oxygen atoms in total. The minimum absolute atomic E-state index is 0.246. The van der Waals surface area contributed by atoms with E-state index in [0.717, 1.165) is 12.3 Å². The van der Waals surface area contributed by atoms with Crippen molar-refractivity contribution in [3.8, 4) is 0 Å². The molecule has 0 aromatic rings. The first-order valence-corrected chi connectivity index (χ1v) is 7.36. The third kappa shape index (κ3) is 2.88. The molecule has 2 rings (SSSR count). The molecule has 2 saturated carbocycles. The standard InChI is InChI=1S/C15H25NO2/c1-3-5-6-7-13-11-8-9-12(10-11)14(13)16-15(17)18-4-2/h6-7,11-14H,3-5,8-10H2,1-2H3,(H,16,17)/b7-6-/t11-,12+,13-,14-/m0/s1. The Hall–Kier alpha value is -0.990. The lowest BCUT2D eigenvalue weighted by atomic mass is 9.84. The van der Waals surface area contributed by atoms with E-state index in [2.05, 4.69) is 24.4 Å². The Balaban J connectivity index is 1.95. The summed E-state index contributed by atoms with van der Waals surface area (Å²) in [6.07, 6.45) is 10.6. The predicted octanol–water partition coefficient (Wildman–Crippen LogP) is 3.50. The lowest BCUT2D eigenvalue weighted by molar-refractivity contribution is 0.140. The molecule has 102 valence electrons. The topological polar surface area (TPSA) is 38.3 Å². The second kappa shape index (κ2) is 6.26. The maximum atomic E-state index is 11.6. The number of rotatable bonds is 5. The quantitative estimate of drug-likeness (QED) is 0.759. The van der Waals surface area contributed by atoms with Crippen molar-refractivity contribution in [1.29, 1.82) is 0 Å². The van der Waals surface area contributed by atoms with Crippen LogP contribution in [0.1, 0.15) is 46.0 Å². The minimum Gasteiger partial charge on any atom is -0.450 e. The van der Waals surface area contributed by atoms with Crippen LogP contribution in [0.3, 0.4) is 0 Å². The van der Waals surface area contributed by atoms with Crippen LogP contribution in [0.4, 0.5) is 4.79 Å². The van der Waals surface area contributed by atoms with Gasteiger partial charge in [0.05, 0.1) is 6.61 Å². The highest BCUT2D eigenvalue weighted by molar-refractivity contribution is 5.67. The number of hydrogen-bond acceptors (Lipinski definition) is 2. The molecule has 0 aliphatic heterocycles. The molecule has 1 amide bonds. The van der Waals surface area contributed by atoms with Crippen LogP contribution in [0.2, 0.25) is 0 Å². The highest BCUT2D eigenvalue weighted by Crippen LogP contribution is 2.49. The Morgan fingerprint density at radius 1 is 1.33 bits per heavy atom. The number of ether oxygens (including phenoxy) is 1. The van der Waals surface area contributed by atoms with E-state index in [1.54, 1.807) is 0 Å². The highest BCUT2D eigenvalue weighted by atomic mass is 16.5. The molecule has 2 fully saturated rings. The first-order valence-electron chi connectivity index (χ1n) is 7.36. The van der Waals surface area contributed by atoms with Crippen molar-refractivity contribution in [3.63, 3.8) is 0 Å². The van der Waals surface area contributed by atoms with Crippen molar-refractivity contribution in [1.82, 2.24) is 5.32 Å². The second-order valence-corrected chi connectivity index (χ2v) is 5.52. The summed E-state index contributed by atoms with van der Waals surface area (Å²) >= 11 is 0. The van der Waals surface area contributed by atoms with Gasteiger partial charge in [0.1, 0.15) is 0 Å². The number of carbonyl (C=O) groups excluding carboxylic acids is 1. The van der Waals surface area contributed by atoms with Crippen molar-refractivity contribution in [3.05, 3.63) is 12.2 Å². The zero-order chi connectivity index (χ0) is 13.0.